The molecule has 33 heavy (non-hydrogen) atoms. The highest BCUT2D eigenvalue weighted by molar-refractivity contribution is 6.07. The van der Waals surface area contributed by atoms with E-state index in [0.717, 1.165) is 18.4 Å². The zero-order chi connectivity index (χ0) is 23.6. The van der Waals surface area contributed by atoms with Crippen molar-refractivity contribution in [1.29, 1.82) is 0 Å². The molecule has 1 saturated heterocycles. The predicted octanol–water partition coefficient (Wildman–Crippen LogP) is 3.25. The molecule has 0 saturated carbocycles. The lowest BCUT2D eigenvalue weighted by atomic mass is 10.1. The van der Waals surface area contributed by atoms with Crippen molar-refractivity contribution in [2.45, 2.75) is 64.6 Å². The number of nitrogens with zero attached hydrogens (tertiary/aromatic N) is 4. The van der Waals surface area contributed by atoms with Gasteiger partial charge in [0, 0.05) is 36.7 Å². The highest BCUT2D eigenvalue weighted by atomic mass is 16.5. The molecule has 0 bridgehead atoms. The molecule has 0 radical (unpaired) electrons. The smallest absolute Gasteiger partial charge is 0.277 e. The predicted molar refractivity (Wildman–Crippen MR) is 124 cm³/mol. The van der Waals surface area contributed by atoms with E-state index in [0.29, 0.717) is 31.2 Å². The Labute approximate surface area is 192 Å². The van der Waals surface area contributed by atoms with E-state index in [4.69, 9.17) is 9.15 Å². The molecule has 1 atom stereocenters. The molecule has 10 heteroatoms. The number of allylic oxidation sites excluding steroid dienone is 1. The first-order chi connectivity index (χ1) is 15.7. The van der Waals surface area contributed by atoms with Gasteiger partial charge in [-0.2, -0.15) is 5.10 Å². The van der Waals surface area contributed by atoms with E-state index in [1.165, 1.54) is 6.26 Å². The van der Waals surface area contributed by atoms with Gasteiger partial charge in [0.15, 0.2) is 11.4 Å². The molecule has 2 aliphatic heterocycles. The molecule has 2 aromatic heterocycles. The van der Waals surface area contributed by atoms with Gasteiger partial charge in [0.25, 0.3) is 11.8 Å². The lowest BCUT2D eigenvalue weighted by Crippen LogP contribution is -2.41. The quantitative estimate of drug-likeness (QED) is 0.715. The highest BCUT2D eigenvalue weighted by Gasteiger charge is 2.27. The minimum absolute atomic E-state index is 0.103. The normalized spacial score (nSPS) is 19.3. The fourth-order valence-corrected chi connectivity index (χ4v) is 3.78. The number of ether oxygens (including phenoxy) is 1. The lowest BCUT2D eigenvalue weighted by molar-refractivity contribution is 0.0660. The monoisotopic (exact) mass is 454 g/mol. The van der Waals surface area contributed by atoms with Gasteiger partial charge >= 0.3 is 0 Å². The van der Waals surface area contributed by atoms with Crippen LogP contribution < -0.4 is 10.6 Å². The van der Waals surface area contributed by atoms with Crippen LogP contribution in [-0.4, -0.2) is 57.6 Å². The number of rotatable bonds is 5. The van der Waals surface area contributed by atoms with Crippen LogP contribution in [0.15, 0.2) is 27.9 Å². The van der Waals surface area contributed by atoms with E-state index in [1.54, 1.807) is 17.1 Å². The third-order valence-electron chi connectivity index (χ3n) is 5.39. The number of oxazole rings is 1. The Bertz CT molecular complexity index is 1080. The number of aliphatic imine (C=N–C) groups is 1. The van der Waals surface area contributed by atoms with Gasteiger partial charge in [-0.1, -0.05) is 0 Å². The molecule has 0 aromatic carbocycles. The number of hydrogen-bond donors (Lipinski definition) is 2. The molecule has 1 unspecified atom stereocenters. The van der Waals surface area contributed by atoms with Crippen LogP contribution in [0.1, 0.15) is 79.9 Å². The van der Waals surface area contributed by atoms with Gasteiger partial charge in [0.05, 0.1) is 17.8 Å². The maximum atomic E-state index is 13.0. The van der Waals surface area contributed by atoms with Crippen LogP contribution >= 0.6 is 0 Å². The molecule has 0 aliphatic carbocycles. The summed E-state index contributed by atoms with van der Waals surface area (Å²) in [6, 6.07) is 0.236. The topological polar surface area (TPSA) is 124 Å². The molecular weight excluding hydrogens is 424 g/mol. The van der Waals surface area contributed by atoms with Crippen molar-refractivity contribution in [3.63, 3.8) is 0 Å². The van der Waals surface area contributed by atoms with Crippen LogP contribution in [0.25, 0.3) is 5.57 Å². The van der Waals surface area contributed by atoms with E-state index < -0.39 is 11.4 Å². The Hall–Kier alpha value is -3.27. The summed E-state index contributed by atoms with van der Waals surface area (Å²) in [6.45, 7) is 8.94. The summed E-state index contributed by atoms with van der Waals surface area (Å²) in [5.74, 6) is -0.439. The first-order valence-corrected chi connectivity index (χ1v) is 11.2. The van der Waals surface area contributed by atoms with Gasteiger partial charge in [-0.05, 0) is 53.0 Å². The summed E-state index contributed by atoms with van der Waals surface area (Å²) in [6.07, 6.45) is 8.84. The maximum absolute atomic E-state index is 13.0. The molecule has 4 heterocycles. The Kier molecular flexibility index (Phi) is 6.46. The van der Waals surface area contributed by atoms with Crippen LogP contribution in [0.2, 0.25) is 0 Å². The SMILES string of the molecule is CC1CC(c2nc(C(=O)Nc3cn(C4CCOCC4)nc3C(=O)NC(C)(C)C)co2)=CC=N1. The Morgan fingerprint density at radius 3 is 2.64 bits per heavy atom. The average molecular weight is 455 g/mol. The molecule has 2 amide bonds. The lowest BCUT2D eigenvalue weighted by Gasteiger charge is -2.22. The number of anilines is 1. The summed E-state index contributed by atoms with van der Waals surface area (Å²) in [7, 11) is 0. The van der Waals surface area contributed by atoms with Crippen molar-refractivity contribution in [1.82, 2.24) is 20.1 Å². The molecule has 2 aromatic rings. The standard InChI is InChI=1S/C23H30N6O4/c1-14-11-15(5-8-24-14)22-26-18(13-33-22)20(30)25-17-12-29(16-6-9-32-10-7-16)28-19(17)21(31)27-23(2,3)4/h5,8,12-14,16H,6-7,9-11H2,1-4H3,(H,25,30)(H,27,31). The van der Waals surface area contributed by atoms with Crippen molar-refractivity contribution in [3.8, 4) is 0 Å². The van der Waals surface area contributed by atoms with Crippen molar-refractivity contribution in [2.24, 2.45) is 4.99 Å². The molecule has 1 fully saturated rings. The Morgan fingerprint density at radius 1 is 1.18 bits per heavy atom. The van der Waals surface area contributed by atoms with Crippen LogP contribution in [0, 0.1) is 0 Å². The zero-order valence-electron chi connectivity index (χ0n) is 19.4. The van der Waals surface area contributed by atoms with Gasteiger partial charge in [-0.3, -0.25) is 19.3 Å². The minimum Gasteiger partial charge on any atom is -0.444 e. The number of amides is 2. The first kappa shape index (κ1) is 22.9. The molecular formula is C23H30N6O4. The van der Waals surface area contributed by atoms with Gasteiger partial charge in [-0.15, -0.1) is 0 Å². The second kappa shape index (κ2) is 9.30. The van der Waals surface area contributed by atoms with E-state index >= 15 is 0 Å². The first-order valence-electron chi connectivity index (χ1n) is 11.2. The van der Waals surface area contributed by atoms with Crippen LogP contribution in [0.5, 0.6) is 0 Å². The third-order valence-corrected chi connectivity index (χ3v) is 5.39. The third kappa shape index (κ3) is 5.57. The fourth-order valence-electron chi connectivity index (χ4n) is 3.78. The summed E-state index contributed by atoms with van der Waals surface area (Å²) in [5, 5.41) is 10.2. The number of carbonyl (C=O) groups excluding carboxylic acids is 2. The van der Waals surface area contributed by atoms with Crippen LogP contribution in [-0.2, 0) is 4.74 Å². The molecule has 4 rings (SSSR count). The molecule has 0 spiro atoms. The molecule has 2 N–H and O–H groups in total. The molecule has 2 aliphatic rings. The van der Waals surface area contributed by atoms with Gasteiger partial charge in [0.2, 0.25) is 5.89 Å². The minimum atomic E-state index is -0.473. The summed E-state index contributed by atoms with van der Waals surface area (Å²) in [4.78, 5) is 34.5. The van der Waals surface area contributed by atoms with Crippen LogP contribution in [0.4, 0.5) is 5.69 Å². The largest absolute Gasteiger partial charge is 0.444 e. The number of nitrogens with one attached hydrogen (secondary N) is 2. The average Bonchev–Trinajstić information content (AvgIpc) is 3.41. The van der Waals surface area contributed by atoms with E-state index in [1.807, 2.05) is 33.8 Å². The number of dihydropyridines is 1. The van der Waals surface area contributed by atoms with Crippen LogP contribution in [0.3, 0.4) is 0 Å². The van der Waals surface area contributed by atoms with E-state index in [9.17, 15) is 9.59 Å². The Balaban J connectivity index is 1.56. The van der Waals surface area contributed by atoms with Gasteiger partial charge in [-0.25, -0.2) is 4.98 Å². The van der Waals surface area contributed by atoms with Crippen molar-refractivity contribution in [2.75, 3.05) is 18.5 Å². The maximum Gasteiger partial charge on any atom is 0.277 e. The highest BCUT2D eigenvalue weighted by Crippen LogP contribution is 2.26. The van der Waals surface area contributed by atoms with Crippen molar-refractivity contribution < 1.29 is 18.7 Å². The second-order valence-corrected chi connectivity index (χ2v) is 9.45. The Morgan fingerprint density at radius 2 is 1.94 bits per heavy atom. The zero-order valence-corrected chi connectivity index (χ0v) is 19.4. The van der Waals surface area contributed by atoms with Gasteiger partial charge in [0.1, 0.15) is 6.26 Å². The summed E-state index contributed by atoms with van der Waals surface area (Å²) < 4.78 is 12.7. The van der Waals surface area contributed by atoms with Crippen molar-refractivity contribution in [3.05, 3.63) is 35.8 Å². The van der Waals surface area contributed by atoms with E-state index in [-0.39, 0.29) is 29.4 Å². The number of hydrogen-bond acceptors (Lipinski definition) is 7. The summed E-state index contributed by atoms with van der Waals surface area (Å²) in [5.41, 5.74) is 1.05. The van der Waals surface area contributed by atoms with Gasteiger partial charge < -0.3 is 19.8 Å². The fraction of sp³-hybridized carbons (Fsp3) is 0.522. The number of aromatic nitrogens is 3. The molecule has 10 nitrogen and oxygen atoms in total. The van der Waals surface area contributed by atoms with Crippen molar-refractivity contribution >= 4 is 29.3 Å². The molecule has 176 valence electrons. The second-order valence-electron chi connectivity index (χ2n) is 9.45. The summed E-state index contributed by atoms with van der Waals surface area (Å²) >= 11 is 0. The van der Waals surface area contributed by atoms with E-state index in [2.05, 4.69) is 25.7 Å². The number of carbonyl (C=O) groups is 2.